The molecule has 0 saturated heterocycles. The summed E-state index contributed by atoms with van der Waals surface area (Å²) in [6.07, 6.45) is -3.54. The zero-order valence-corrected chi connectivity index (χ0v) is 5.50. The van der Waals surface area contributed by atoms with Crippen LogP contribution >= 0.6 is 0 Å². The molecule has 0 fully saturated rings. The van der Waals surface area contributed by atoms with Crippen molar-refractivity contribution in [2.45, 2.75) is 6.18 Å². The molecule has 1 heterocycles. The van der Waals surface area contributed by atoms with Crippen LogP contribution in [0.2, 0.25) is 0 Å². The van der Waals surface area contributed by atoms with Crippen molar-refractivity contribution in [3.8, 4) is 0 Å². The molecular weight excluding hydrogens is 165 g/mol. The monoisotopic (exact) mass is 168 g/mol. The molecule has 0 bridgehead atoms. The van der Waals surface area contributed by atoms with Gasteiger partial charge in [-0.25, -0.2) is 0 Å². The van der Waals surface area contributed by atoms with Crippen LogP contribution in [0.15, 0.2) is 22.5 Å². The number of allylic oxidation sites excluding steroid dienone is 2. The van der Waals surface area contributed by atoms with Crippen LogP contribution in [0.1, 0.15) is 0 Å². The number of hydrogen-bond acceptors (Lipinski definition) is 1. The Morgan fingerprint density at radius 3 is 2.20 bits per heavy atom. The van der Waals surface area contributed by atoms with E-state index in [1.54, 1.807) is 0 Å². The van der Waals surface area contributed by atoms with Gasteiger partial charge in [0.15, 0.2) is 0 Å². The minimum atomic E-state index is -4.36. The summed E-state index contributed by atoms with van der Waals surface area (Å²) in [5, 5.41) is 1.68. The largest absolute Gasteiger partial charge is 0.417 e. The van der Waals surface area contributed by atoms with Crippen LogP contribution in [0.4, 0.5) is 13.2 Å². The fourth-order valence-electron chi connectivity index (χ4n) is 0.505. The Hall–Kier alpha value is -0.580. The van der Waals surface area contributed by atoms with E-state index in [0.717, 1.165) is 11.5 Å². The number of hydrogen-bond donors (Lipinski definition) is 0. The lowest BCUT2D eigenvalue weighted by atomic mass is 10.3. The molecule has 0 aromatic carbocycles. The molecule has 10 heavy (non-hydrogen) atoms. The number of alkyl halides is 3. The second kappa shape index (κ2) is 2.23. The molecule has 0 aliphatic carbocycles. The summed E-state index contributed by atoms with van der Waals surface area (Å²) in [6.45, 7) is 0. The van der Waals surface area contributed by atoms with Crippen molar-refractivity contribution in [2.24, 2.45) is 0 Å². The highest BCUT2D eigenvalue weighted by Crippen LogP contribution is 2.29. The number of rotatable bonds is 0. The molecule has 1 atom stereocenters. The smallest absolute Gasteiger partial charge is 0.250 e. The molecule has 1 unspecified atom stereocenters. The minimum absolute atomic E-state index is 0.681. The second-order valence-corrected chi connectivity index (χ2v) is 2.87. The van der Waals surface area contributed by atoms with Crippen molar-refractivity contribution in [3.05, 3.63) is 22.5 Å². The standard InChI is InChI=1S/C5H3F3OS/c6-5(7,8)4-1-2-10(9)3-4/h1-3H. The molecule has 0 saturated carbocycles. The van der Waals surface area contributed by atoms with Gasteiger partial charge in [0.1, 0.15) is 0 Å². The van der Waals surface area contributed by atoms with Gasteiger partial charge in [0.25, 0.3) is 0 Å². The summed E-state index contributed by atoms with van der Waals surface area (Å²) in [7, 11) is -1.56. The first-order valence-corrected chi connectivity index (χ1v) is 3.64. The Morgan fingerprint density at radius 1 is 1.40 bits per heavy atom. The maximum absolute atomic E-state index is 11.7. The Kier molecular flexibility index (Phi) is 1.68. The first-order chi connectivity index (χ1) is 4.50. The van der Waals surface area contributed by atoms with Crippen molar-refractivity contribution in [2.75, 3.05) is 0 Å². The van der Waals surface area contributed by atoms with Crippen LogP contribution in [-0.2, 0) is 10.8 Å². The third-order valence-corrected chi connectivity index (χ3v) is 1.84. The lowest BCUT2D eigenvalue weighted by Gasteiger charge is -2.02. The molecule has 0 aromatic heterocycles. The SMILES string of the molecule is O=S1C=CC(C(F)(F)F)=C1. The van der Waals surface area contributed by atoms with Gasteiger partial charge in [0.05, 0.1) is 16.4 Å². The van der Waals surface area contributed by atoms with E-state index < -0.39 is 22.5 Å². The zero-order chi connectivity index (χ0) is 7.78. The molecule has 1 rings (SSSR count). The fourth-order valence-corrected chi connectivity index (χ4v) is 1.33. The first kappa shape index (κ1) is 7.53. The van der Waals surface area contributed by atoms with Crippen LogP contribution in [-0.4, -0.2) is 10.4 Å². The minimum Gasteiger partial charge on any atom is -0.250 e. The van der Waals surface area contributed by atoms with Gasteiger partial charge in [0, 0.05) is 10.8 Å². The van der Waals surface area contributed by atoms with Crippen LogP contribution in [0, 0.1) is 0 Å². The Labute approximate surface area is 57.7 Å². The maximum Gasteiger partial charge on any atom is 0.417 e. The van der Waals surface area contributed by atoms with Crippen molar-refractivity contribution < 1.29 is 17.4 Å². The van der Waals surface area contributed by atoms with Crippen molar-refractivity contribution in [1.82, 2.24) is 0 Å². The van der Waals surface area contributed by atoms with E-state index in [0.29, 0.717) is 5.41 Å². The molecule has 0 radical (unpaired) electrons. The Bertz CT molecular complexity index is 226. The van der Waals surface area contributed by atoms with Gasteiger partial charge in [-0.1, -0.05) is 0 Å². The van der Waals surface area contributed by atoms with Gasteiger partial charge >= 0.3 is 6.18 Å². The molecule has 1 aliphatic heterocycles. The van der Waals surface area contributed by atoms with Gasteiger partial charge in [-0.3, -0.25) is 4.21 Å². The molecule has 0 amide bonds. The molecule has 0 N–H and O–H groups in total. The normalized spacial score (nSPS) is 25.1. The molecule has 0 spiro atoms. The van der Waals surface area contributed by atoms with E-state index in [1.165, 1.54) is 0 Å². The molecule has 5 heteroatoms. The molecule has 1 aliphatic rings. The first-order valence-electron chi connectivity index (χ1n) is 2.37. The third-order valence-electron chi connectivity index (χ3n) is 0.952. The zero-order valence-electron chi connectivity index (χ0n) is 4.68. The van der Waals surface area contributed by atoms with Gasteiger partial charge in [-0.2, -0.15) is 13.2 Å². The quantitative estimate of drug-likeness (QED) is 0.538. The molecule has 1 nitrogen and oxygen atoms in total. The highest BCUT2D eigenvalue weighted by atomic mass is 32.2. The maximum atomic E-state index is 11.7. The average molecular weight is 168 g/mol. The van der Waals surface area contributed by atoms with E-state index in [1.807, 2.05) is 0 Å². The summed E-state index contributed by atoms with van der Waals surface area (Å²) in [5.41, 5.74) is -0.828. The highest BCUT2D eigenvalue weighted by molar-refractivity contribution is 7.91. The summed E-state index contributed by atoms with van der Waals surface area (Å²) >= 11 is 0. The Balaban J connectivity index is 2.88. The predicted octanol–water partition coefficient (Wildman–Crippen LogP) is 1.71. The van der Waals surface area contributed by atoms with Crippen LogP contribution < -0.4 is 0 Å². The summed E-state index contributed by atoms with van der Waals surface area (Å²) < 4.78 is 45.4. The van der Waals surface area contributed by atoms with Gasteiger partial charge in [0.2, 0.25) is 0 Å². The van der Waals surface area contributed by atoms with Crippen LogP contribution in [0.25, 0.3) is 0 Å². The van der Waals surface area contributed by atoms with Gasteiger partial charge in [-0.05, 0) is 6.08 Å². The fraction of sp³-hybridized carbons (Fsp3) is 0.200. The van der Waals surface area contributed by atoms with E-state index in [9.17, 15) is 17.4 Å². The second-order valence-electron chi connectivity index (χ2n) is 1.70. The molecule has 0 aromatic rings. The summed E-state index contributed by atoms with van der Waals surface area (Å²) in [6, 6.07) is 0. The van der Waals surface area contributed by atoms with Crippen LogP contribution in [0.3, 0.4) is 0 Å². The molecule has 56 valence electrons. The highest BCUT2D eigenvalue weighted by Gasteiger charge is 2.33. The lowest BCUT2D eigenvalue weighted by Crippen LogP contribution is -2.08. The average Bonchev–Trinajstić information content (AvgIpc) is 2.11. The predicted molar refractivity (Wildman–Crippen MR) is 31.4 cm³/mol. The van der Waals surface area contributed by atoms with Gasteiger partial charge in [-0.15, -0.1) is 0 Å². The van der Waals surface area contributed by atoms with Crippen molar-refractivity contribution in [3.63, 3.8) is 0 Å². The summed E-state index contributed by atoms with van der Waals surface area (Å²) in [5.74, 6) is 0. The van der Waals surface area contributed by atoms with Crippen molar-refractivity contribution >= 4 is 10.8 Å². The number of halogens is 3. The van der Waals surface area contributed by atoms with Gasteiger partial charge < -0.3 is 0 Å². The lowest BCUT2D eigenvalue weighted by molar-refractivity contribution is -0.0878. The summed E-state index contributed by atoms with van der Waals surface area (Å²) in [4.78, 5) is 0. The molecular formula is C5H3F3OS. The van der Waals surface area contributed by atoms with E-state index in [4.69, 9.17) is 0 Å². The van der Waals surface area contributed by atoms with E-state index in [-0.39, 0.29) is 0 Å². The third kappa shape index (κ3) is 1.47. The Morgan fingerprint density at radius 2 is 2.00 bits per heavy atom. The van der Waals surface area contributed by atoms with E-state index >= 15 is 0 Å². The van der Waals surface area contributed by atoms with E-state index in [2.05, 4.69) is 0 Å². The topological polar surface area (TPSA) is 17.1 Å². The van der Waals surface area contributed by atoms with Crippen molar-refractivity contribution in [1.29, 1.82) is 0 Å². The van der Waals surface area contributed by atoms with Crippen LogP contribution in [0.5, 0.6) is 0 Å².